The van der Waals surface area contributed by atoms with Gasteiger partial charge in [-0.2, -0.15) is 0 Å². The highest BCUT2D eigenvalue weighted by Crippen LogP contribution is 2.23. The Hall–Kier alpha value is -2.15. The van der Waals surface area contributed by atoms with E-state index in [1.807, 2.05) is 19.1 Å². The van der Waals surface area contributed by atoms with Gasteiger partial charge in [0.15, 0.2) is 0 Å². The largest absolute Gasteiger partial charge is 0.309 e. The molecule has 7 heteroatoms. The fourth-order valence-corrected chi connectivity index (χ4v) is 2.87. The van der Waals surface area contributed by atoms with Gasteiger partial charge in [-0.15, -0.1) is 5.10 Å². The second kappa shape index (κ2) is 5.81. The number of H-pyrrole nitrogens is 2. The van der Waals surface area contributed by atoms with Crippen LogP contribution < -0.4 is 5.56 Å². The molecule has 1 aromatic carbocycles. The first kappa shape index (κ1) is 15.7. The van der Waals surface area contributed by atoms with Crippen molar-refractivity contribution in [3.05, 3.63) is 45.8 Å². The summed E-state index contributed by atoms with van der Waals surface area (Å²) in [7, 11) is 0. The minimum absolute atomic E-state index is 0.0710. The predicted molar refractivity (Wildman–Crippen MR) is 91.7 cm³/mol. The number of nitrogens with one attached hydrogen (secondary N) is 2. The first-order valence-electron chi connectivity index (χ1n) is 7.39. The zero-order valence-corrected chi connectivity index (χ0v) is 14.4. The lowest BCUT2D eigenvalue weighted by molar-refractivity contribution is 0.547. The summed E-state index contributed by atoms with van der Waals surface area (Å²) in [6, 6.07) is 5.61. The van der Waals surface area contributed by atoms with E-state index in [9.17, 15) is 4.79 Å². The Morgan fingerprint density at radius 3 is 2.70 bits per heavy atom. The predicted octanol–water partition coefficient (Wildman–Crippen LogP) is 2.94. The average molecular weight is 329 g/mol. The standard InChI is InChI=1S/C16H19N5OS/c1-9-6-5-7-10-12(9)17-11(18-13(10)22)8-23-15-19-14(20-21-15)16(2,3)4/h5-7H,8H2,1-4H3,(H,17,18,22)(H,19,20,21). The van der Waals surface area contributed by atoms with Crippen LogP contribution in [0.2, 0.25) is 0 Å². The molecule has 0 aliphatic rings. The van der Waals surface area contributed by atoms with Crippen LogP contribution in [0.5, 0.6) is 0 Å². The molecule has 2 heterocycles. The molecule has 0 saturated heterocycles. The molecule has 0 radical (unpaired) electrons. The van der Waals surface area contributed by atoms with Crippen LogP contribution in [-0.2, 0) is 11.2 Å². The molecule has 0 saturated carbocycles. The number of aromatic amines is 2. The van der Waals surface area contributed by atoms with Crippen molar-refractivity contribution < 1.29 is 0 Å². The Morgan fingerprint density at radius 1 is 1.22 bits per heavy atom. The second-order valence-corrected chi connectivity index (χ2v) is 7.43. The summed E-state index contributed by atoms with van der Waals surface area (Å²) >= 11 is 1.45. The van der Waals surface area contributed by atoms with Crippen molar-refractivity contribution in [2.45, 2.75) is 44.0 Å². The Bertz CT molecular complexity index is 907. The van der Waals surface area contributed by atoms with E-state index >= 15 is 0 Å². The van der Waals surface area contributed by atoms with Crippen LogP contribution in [0.25, 0.3) is 10.9 Å². The molecule has 0 amide bonds. The molecule has 0 atom stereocenters. The van der Waals surface area contributed by atoms with Crippen molar-refractivity contribution in [3.8, 4) is 0 Å². The van der Waals surface area contributed by atoms with Crippen LogP contribution in [0.3, 0.4) is 0 Å². The number of rotatable bonds is 3. The third-order valence-electron chi connectivity index (χ3n) is 3.50. The summed E-state index contributed by atoms with van der Waals surface area (Å²) < 4.78 is 0. The molecule has 0 aliphatic carbocycles. The van der Waals surface area contributed by atoms with E-state index < -0.39 is 0 Å². The van der Waals surface area contributed by atoms with Gasteiger partial charge >= 0.3 is 0 Å². The fourth-order valence-electron chi connectivity index (χ4n) is 2.20. The van der Waals surface area contributed by atoms with E-state index in [1.165, 1.54) is 11.8 Å². The lowest BCUT2D eigenvalue weighted by atomic mass is 9.96. The van der Waals surface area contributed by atoms with Crippen molar-refractivity contribution >= 4 is 22.7 Å². The fraction of sp³-hybridized carbons (Fsp3) is 0.375. The number of aromatic nitrogens is 5. The zero-order valence-electron chi connectivity index (χ0n) is 13.6. The summed E-state index contributed by atoms with van der Waals surface area (Å²) in [6.07, 6.45) is 0. The van der Waals surface area contributed by atoms with Gasteiger partial charge < -0.3 is 4.98 Å². The van der Waals surface area contributed by atoms with E-state index in [0.29, 0.717) is 22.1 Å². The molecule has 6 nitrogen and oxygen atoms in total. The van der Waals surface area contributed by atoms with Crippen LogP contribution in [0, 0.1) is 6.92 Å². The van der Waals surface area contributed by atoms with Gasteiger partial charge in [0.2, 0.25) is 5.16 Å². The van der Waals surface area contributed by atoms with Gasteiger partial charge in [-0.3, -0.25) is 9.89 Å². The van der Waals surface area contributed by atoms with Crippen molar-refractivity contribution in [3.63, 3.8) is 0 Å². The van der Waals surface area contributed by atoms with Gasteiger partial charge in [-0.05, 0) is 18.6 Å². The van der Waals surface area contributed by atoms with E-state index in [0.717, 1.165) is 16.9 Å². The molecule has 0 fully saturated rings. The number of para-hydroxylation sites is 1. The summed E-state index contributed by atoms with van der Waals surface area (Å²) in [5.41, 5.74) is 1.56. The molecule has 2 N–H and O–H groups in total. The molecule has 120 valence electrons. The number of hydrogen-bond donors (Lipinski definition) is 2. The molecule has 23 heavy (non-hydrogen) atoms. The van der Waals surface area contributed by atoms with Crippen LogP contribution in [0.1, 0.15) is 38.0 Å². The number of nitrogens with zero attached hydrogens (tertiary/aromatic N) is 3. The van der Waals surface area contributed by atoms with Crippen LogP contribution in [0.15, 0.2) is 28.2 Å². The van der Waals surface area contributed by atoms with Gasteiger partial charge in [0.05, 0.1) is 16.7 Å². The Kier molecular flexibility index (Phi) is 3.97. The normalized spacial score (nSPS) is 12.0. The summed E-state index contributed by atoms with van der Waals surface area (Å²) in [4.78, 5) is 24.0. The van der Waals surface area contributed by atoms with E-state index in [1.54, 1.807) is 6.07 Å². The number of aryl methyl sites for hydroxylation is 1. The Balaban J connectivity index is 1.84. The van der Waals surface area contributed by atoms with E-state index in [2.05, 4.69) is 45.9 Å². The summed E-state index contributed by atoms with van der Waals surface area (Å²) in [5.74, 6) is 1.99. The molecule has 2 aromatic heterocycles. The maximum Gasteiger partial charge on any atom is 0.258 e. The topological polar surface area (TPSA) is 87.3 Å². The molecule has 0 spiro atoms. The quantitative estimate of drug-likeness (QED) is 0.721. The first-order chi connectivity index (χ1) is 10.8. The van der Waals surface area contributed by atoms with Crippen molar-refractivity contribution in [2.75, 3.05) is 0 Å². The molecule has 0 unspecified atom stereocenters. The van der Waals surface area contributed by atoms with E-state index in [-0.39, 0.29) is 11.0 Å². The first-order valence-corrected chi connectivity index (χ1v) is 8.37. The lowest BCUT2D eigenvalue weighted by Crippen LogP contribution is -2.13. The van der Waals surface area contributed by atoms with Crippen molar-refractivity contribution in [2.24, 2.45) is 0 Å². The zero-order chi connectivity index (χ0) is 16.6. The molecule has 3 rings (SSSR count). The molecule has 0 bridgehead atoms. The maximum absolute atomic E-state index is 12.2. The van der Waals surface area contributed by atoms with Gasteiger partial charge in [0.25, 0.3) is 5.56 Å². The van der Waals surface area contributed by atoms with Crippen LogP contribution in [-0.4, -0.2) is 25.1 Å². The lowest BCUT2D eigenvalue weighted by Gasteiger charge is -2.12. The highest BCUT2D eigenvalue weighted by molar-refractivity contribution is 7.98. The Morgan fingerprint density at radius 2 is 2.00 bits per heavy atom. The Labute approximate surface area is 138 Å². The van der Waals surface area contributed by atoms with Gasteiger partial charge in [-0.25, -0.2) is 9.97 Å². The van der Waals surface area contributed by atoms with Crippen molar-refractivity contribution in [1.82, 2.24) is 25.1 Å². The number of thioether (sulfide) groups is 1. The smallest absolute Gasteiger partial charge is 0.258 e. The monoisotopic (exact) mass is 329 g/mol. The number of benzene rings is 1. The third-order valence-corrected chi connectivity index (χ3v) is 4.36. The van der Waals surface area contributed by atoms with Crippen LogP contribution in [0.4, 0.5) is 0 Å². The van der Waals surface area contributed by atoms with Crippen molar-refractivity contribution in [1.29, 1.82) is 0 Å². The van der Waals surface area contributed by atoms with Gasteiger partial charge in [-0.1, -0.05) is 44.7 Å². The molecule has 3 aromatic rings. The summed E-state index contributed by atoms with van der Waals surface area (Å²) in [5, 5.41) is 8.44. The van der Waals surface area contributed by atoms with Gasteiger partial charge in [0, 0.05) is 5.41 Å². The highest BCUT2D eigenvalue weighted by atomic mass is 32.2. The van der Waals surface area contributed by atoms with Gasteiger partial charge in [0.1, 0.15) is 11.6 Å². The minimum atomic E-state index is -0.111. The molecular formula is C16H19N5OS. The number of hydrogen-bond acceptors (Lipinski definition) is 5. The SMILES string of the molecule is Cc1cccc2c(=O)[nH]c(CSc3n[nH]c(C(C)(C)C)n3)nc12. The maximum atomic E-state index is 12.2. The van der Waals surface area contributed by atoms with E-state index in [4.69, 9.17) is 0 Å². The average Bonchev–Trinajstić information content (AvgIpc) is 2.95. The third kappa shape index (κ3) is 3.29. The van der Waals surface area contributed by atoms with Crippen LogP contribution >= 0.6 is 11.8 Å². The number of fused-ring (bicyclic) bond motifs is 1. The highest BCUT2D eigenvalue weighted by Gasteiger charge is 2.18. The molecule has 0 aliphatic heterocycles. The molecular weight excluding hydrogens is 310 g/mol. The second-order valence-electron chi connectivity index (χ2n) is 6.49. The minimum Gasteiger partial charge on any atom is -0.309 e. The summed E-state index contributed by atoms with van der Waals surface area (Å²) in [6.45, 7) is 8.18.